The monoisotopic (exact) mass is 472 g/mol. The molecule has 1 atom stereocenters. The first-order chi connectivity index (χ1) is 16.8. The largest absolute Gasteiger partial charge is 0.485 e. The summed E-state index contributed by atoms with van der Waals surface area (Å²) in [5, 5.41) is 0. The van der Waals surface area contributed by atoms with Gasteiger partial charge < -0.3 is 14.4 Å². The van der Waals surface area contributed by atoms with Gasteiger partial charge in [0, 0.05) is 19.2 Å². The number of benzene rings is 3. The SMILES string of the molecule is Cc1cccc(OCC(=O)c2ccc3c(c2)N(C(C)C(=O)N(C)Cc2ccccc2)C(=O)CO3)c1. The molecule has 0 saturated carbocycles. The van der Waals surface area contributed by atoms with Gasteiger partial charge in [0.25, 0.3) is 5.91 Å². The number of hydrogen-bond acceptors (Lipinski definition) is 5. The number of carbonyl (C=O) groups excluding carboxylic acids is 3. The van der Waals surface area contributed by atoms with Gasteiger partial charge in [0.1, 0.15) is 17.5 Å². The van der Waals surface area contributed by atoms with E-state index < -0.39 is 6.04 Å². The zero-order valence-corrected chi connectivity index (χ0v) is 20.1. The Balaban J connectivity index is 1.52. The van der Waals surface area contributed by atoms with Gasteiger partial charge in [-0.15, -0.1) is 0 Å². The fourth-order valence-electron chi connectivity index (χ4n) is 4.07. The molecule has 3 aromatic rings. The number of ketones is 1. The van der Waals surface area contributed by atoms with Gasteiger partial charge in [0.15, 0.2) is 19.0 Å². The molecule has 0 saturated heterocycles. The van der Waals surface area contributed by atoms with Crippen molar-refractivity contribution in [3.63, 3.8) is 0 Å². The van der Waals surface area contributed by atoms with Crippen molar-refractivity contribution in [1.29, 1.82) is 0 Å². The summed E-state index contributed by atoms with van der Waals surface area (Å²) in [4.78, 5) is 41.9. The number of likely N-dealkylation sites (N-methyl/N-ethyl adjacent to an activating group) is 1. The molecule has 0 spiro atoms. The van der Waals surface area contributed by atoms with E-state index in [0.29, 0.717) is 29.3 Å². The number of fused-ring (bicyclic) bond motifs is 1. The van der Waals surface area contributed by atoms with Crippen molar-refractivity contribution in [3.05, 3.63) is 89.5 Å². The summed E-state index contributed by atoms with van der Waals surface area (Å²) in [5.41, 5.74) is 2.80. The van der Waals surface area contributed by atoms with E-state index in [2.05, 4.69) is 0 Å². The number of rotatable bonds is 8. The van der Waals surface area contributed by atoms with Crippen LogP contribution in [0, 0.1) is 6.92 Å². The lowest BCUT2D eigenvalue weighted by Gasteiger charge is -2.35. The predicted octanol–water partition coefficient (Wildman–Crippen LogP) is 4.03. The van der Waals surface area contributed by atoms with Crippen molar-refractivity contribution in [1.82, 2.24) is 4.90 Å². The molecule has 0 fully saturated rings. The third-order valence-corrected chi connectivity index (χ3v) is 5.90. The summed E-state index contributed by atoms with van der Waals surface area (Å²) < 4.78 is 11.2. The number of nitrogens with zero attached hydrogens (tertiary/aromatic N) is 2. The van der Waals surface area contributed by atoms with Gasteiger partial charge in [0.05, 0.1) is 5.69 Å². The molecule has 3 aromatic carbocycles. The maximum absolute atomic E-state index is 13.2. The van der Waals surface area contributed by atoms with Crippen LogP contribution in [-0.2, 0) is 16.1 Å². The molecule has 0 aromatic heterocycles. The Kier molecular flexibility index (Phi) is 7.15. The van der Waals surface area contributed by atoms with E-state index in [1.165, 1.54) is 4.90 Å². The van der Waals surface area contributed by atoms with Crippen molar-refractivity contribution in [2.75, 3.05) is 25.2 Å². The summed E-state index contributed by atoms with van der Waals surface area (Å²) in [6, 6.07) is 21.2. The average Bonchev–Trinajstić information content (AvgIpc) is 2.86. The second kappa shape index (κ2) is 10.4. The highest BCUT2D eigenvalue weighted by Gasteiger charge is 2.35. The van der Waals surface area contributed by atoms with Gasteiger partial charge in [-0.2, -0.15) is 0 Å². The van der Waals surface area contributed by atoms with Crippen molar-refractivity contribution < 1.29 is 23.9 Å². The molecule has 4 rings (SSSR count). The van der Waals surface area contributed by atoms with E-state index in [-0.39, 0.29) is 30.8 Å². The van der Waals surface area contributed by atoms with Crippen LogP contribution in [0.1, 0.15) is 28.4 Å². The van der Waals surface area contributed by atoms with Crippen molar-refractivity contribution >= 4 is 23.3 Å². The minimum atomic E-state index is -0.771. The normalized spacial score (nSPS) is 13.5. The van der Waals surface area contributed by atoms with E-state index in [4.69, 9.17) is 9.47 Å². The molecule has 0 N–H and O–H groups in total. The Morgan fingerprint density at radius 2 is 1.83 bits per heavy atom. The van der Waals surface area contributed by atoms with Crippen LogP contribution in [0.15, 0.2) is 72.8 Å². The topological polar surface area (TPSA) is 76.2 Å². The van der Waals surface area contributed by atoms with Crippen LogP contribution in [0.4, 0.5) is 5.69 Å². The molecule has 0 aliphatic carbocycles. The van der Waals surface area contributed by atoms with E-state index in [0.717, 1.165) is 11.1 Å². The molecule has 1 heterocycles. The Labute approximate surface area is 204 Å². The summed E-state index contributed by atoms with van der Waals surface area (Å²) in [7, 11) is 1.71. The molecule has 7 nitrogen and oxygen atoms in total. The maximum Gasteiger partial charge on any atom is 0.265 e. The van der Waals surface area contributed by atoms with Gasteiger partial charge >= 0.3 is 0 Å². The highest BCUT2D eigenvalue weighted by atomic mass is 16.5. The number of hydrogen-bond donors (Lipinski definition) is 0. The fourth-order valence-corrected chi connectivity index (χ4v) is 4.07. The lowest BCUT2D eigenvalue weighted by Crippen LogP contribution is -2.51. The smallest absolute Gasteiger partial charge is 0.265 e. The first kappa shape index (κ1) is 24.0. The first-order valence-electron chi connectivity index (χ1n) is 11.4. The van der Waals surface area contributed by atoms with Gasteiger partial charge in [-0.1, -0.05) is 42.5 Å². The molecule has 0 radical (unpaired) electrons. The van der Waals surface area contributed by atoms with Gasteiger partial charge in [-0.05, 0) is 55.3 Å². The highest BCUT2D eigenvalue weighted by Crippen LogP contribution is 2.35. The molecule has 35 heavy (non-hydrogen) atoms. The molecule has 1 aliphatic rings. The van der Waals surface area contributed by atoms with E-state index in [9.17, 15) is 14.4 Å². The lowest BCUT2D eigenvalue weighted by atomic mass is 10.1. The molecule has 2 amide bonds. The average molecular weight is 473 g/mol. The Hall–Kier alpha value is -4.13. The third-order valence-electron chi connectivity index (χ3n) is 5.90. The number of amides is 2. The fraction of sp³-hybridized carbons (Fsp3) is 0.250. The Morgan fingerprint density at radius 1 is 1.06 bits per heavy atom. The maximum atomic E-state index is 13.2. The van der Waals surface area contributed by atoms with Crippen LogP contribution in [-0.4, -0.2) is 48.8 Å². The van der Waals surface area contributed by atoms with Crippen LogP contribution < -0.4 is 14.4 Å². The summed E-state index contributed by atoms with van der Waals surface area (Å²) in [6.07, 6.45) is 0. The highest BCUT2D eigenvalue weighted by molar-refractivity contribution is 6.05. The van der Waals surface area contributed by atoms with Crippen LogP contribution in [0.2, 0.25) is 0 Å². The molecule has 0 bridgehead atoms. The van der Waals surface area contributed by atoms with E-state index in [1.807, 2.05) is 55.5 Å². The second-order valence-corrected chi connectivity index (χ2v) is 8.62. The van der Waals surface area contributed by atoms with Crippen LogP contribution in [0.25, 0.3) is 0 Å². The lowest BCUT2D eigenvalue weighted by molar-refractivity contribution is -0.134. The van der Waals surface area contributed by atoms with E-state index in [1.54, 1.807) is 43.1 Å². The Bertz CT molecular complexity index is 1240. The number of carbonyl (C=O) groups is 3. The molecular formula is C28H28N2O5. The number of anilines is 1. The Morgan fingerprint density at radius 3 is 2.57 bits per heavy atom. The molecule has 7 heteroatoms. The standard InChI is InChI=1S/C28H28N2O5/c1-19-8-7-11-23(14-19)34-17-25(31)22-12-13-26-24(15-22)30(27(32)18-35-26)20(2)28(33)29(3)16-21-9-5-4-6-10-21/h4-15,20H,16-18H2,1-3H3. The molecule has 1 aliphatic heterocycles. The van der Waals surface area contributed by atoms with Gasteiger partial charge in [-0.25, -0.2) is 0 Å². The van der Waals surface area contributed by atoms with Crippen LogP contribution >= 0.6 is 0 Å². The van der Waals surface area contributed by atoms with Crippen molar-refractivity contribution in [2.24, 2.45) is 0 Å². The molecule has 180 valence electrons. The number of Topliss-reactive ketones (excluding diaryl/α,β-unsaturated/α-hetero) is 1. The van der Waals surface area contributed by atoms with Crippen molar-refractivity contribution in [3.8, 4) is 11.5 Å². The summed E-state index contributed by atoms with van der Waals surface area (Å²) >= 11 is 0. The van der Waals surface area contributed by atoms with Crippen LogP contribution in [0.3, 0.4) is 0 Å². The minimum Gasteiger partial charge on any atom is -0.485 e. The zero-order valence-electron chi connectivity index (χ0n) is 20.1. The quantitative estimate of drug-likeness (QED) is 0.463. The summed E-state index contributed by atoms with van der Waals surface area (Å²) in [6.45, 7) is 3.74. The van der Waals surface area contributed by atoms with Gasteiger partial charge in [0.2, 0.25) is 5.91 Å². The first-order valence-corrected chi connectivity index (χ1v) is 11.4. The van der Waals surface area contributed by atoms with Gasteiger partial charge in [-0.3, -0.25) is 19.3 Å². The number of aryl methyl sites for hydroxylation is 1. The third kappa shape index (κ3) is 5.51. The minimum absolute atomic E-state index is 0.147. The predicted molar refractivity (Wildman–Crippen MR) is 133 cm³/mol. The molecule has 1 unspecified atom stereocenters. The summed E-state index contributed by atoms with van der Waals surface area (Å²) in [5.74, 6) is 0.261. The molecular weight excluding hydrogens is 444 g/mol. The number of ether oxygens (including phenoxy) is 2. The van der Waals surface area contributed by atoms with Crippen LogP contribution in [0.5, 0.6) is 11.5 Å². The van der Waals surface area contributed by atoms with E-state index >= 15 is 0 Å². The zero-order chi connectivity index (χ0) is 24.9. The van der Waals surface area contributed by atoms with Crippen molar-refractivity contribution in [2.45, 2.75) is 26.4 Å². The second-order valence-electron chi connectivity index (χ2n) is 8.62.